The maximum atomic E-state index is 13.0. The van der Waals surface area contributed by atoms with E-state index in [0.29, 0.717) is 22.8 Å². The summed E-state index contributed by atoms with van der Waals surface area (Å²) in [4.78, 5) is 26.3. The highest BCUT2D eigenvalue weighted by Gasteiger charge is 2.34. The van der Waals surface area contributed by atoms with E-state index in [-0.39, 0.29) is 10.2 Å². The number of nitrogens with zero attached hydrogens (tertiary/aromatic N) is 2. The molecule has 3 aromatic carbocycles. The van der Waals surface area contributed by atoms with Crippen LogP contribution in [0.15, 0.2) is 90.0 Å². The fourth-order valence-corrected chi connectivity index (χ4v) is 4.97. The lowest BCUT2D eigenvalue weighted by Crippen LogP contribution is -2.44. The van der Waals surface area contributed by atoms with Crippen LogP contribution in [0.25, 0.3) is 17.0 Å². The standard InChI is InChI=1S/C27H21N3O3S2/c1-29-16-20(22-9-5-6-10-23(22)29)15-24-26(32)30(27(34)35-24)28-25(31)19-11-13-21(14-12-19)33-17-18-7-3-2-4-8-18/h2-16H,17H2,1H3,(H,28,31)/b24-15+. The van der Waals surface area contributed by atoms with Gasteiger partial charge in [-0.1, -0.05) is 60.3 Å². The van der Waals surface area contributed by atoms with E-state index in [2.05, 4.69) is 5.43 Å². The van der Waals surface area contributed by atoms with Gasteiger partial charge in [-0.3, -0.25) is 15.0 Å². The molecule has 6 nitrogen and oxygen atoms in total. The Hall–Kier alpha value is -3.88. The van der Waals surface area contributed by atoms with Gasteiger partial charge in [-0.2, -0.15) is 5.01 Å². The zero-order chi connectivity index (χ0) is 24.4. The molecule has 1 saturated heterocycles. The molecule has 1 N–H and O–H groups in total. The summed E-state index contributed by atoms with van der Waals surface area (Å²) in [6, 6.07) is 24.6. The molecule has 1 aliphatic heterocycles. The van der Waals surface area contributed by atoms with Crippen LogP contribution in [0.1, 0.15) is 21.5 Å². The van der Waals surface area contributed by atoms with Gasteiger partial charge in [-0.15, -0.1) is 0 Å². The molecule has 8 heteroatoms. The third kappa shape index (κ3) is 4.84. The van der Waals surface area contributed by atoms with E-state index in [9.17, 15) is 9.59 Å². The number of aryl methyl sites for hydroxylation is 1. The van der Waals surface area contributed by atoms with E-state index >= 15 is 0 Å². The number of benzene rings is 3. The molecule has 0 radical (unpaired) electrons. The van der Waals surface area contributed by atoms with Crippen LogP contribution < -0.4 is 10.2 Å². The second-order valence-electron chi connectivity index (χ2n) is 7.97. The number of hydrogen-bond acceptors (Lipinski definition) is 5. The number of para-hydroxylation sites is 1. The van der Waals surface area contributed by atoms with Crippen molar-refractivity contribution in [3.63, 3.8) is 0 Å². The first-order valence-corrected chi connectivity index (χ1v) is 12.1. The second-order valence-corrected chi connectivity index (χ2v) is 9.64. The van der Waals surface area contributed by atoms with Crippen molar-refractivity contribution in [3.05, 3.63) is 107 Å². The van der Waals surface area contributed by atoms with E-state index in [1.807, 2.05) is 78.5 Å². The van der Waals surface area contributed by atoms with Gasteiger partial charge in [-0.25, -0.2) is 0 Å². The van der Waals surface area contributed by atoms with Gasteiger partial charge < -0.3 is 9.30 Å². The summed E-state index contributed by atoms with van der Waals surface area (Å²) in [7, 11) is 1.96. The van der Waals surface area contributed by atoms with Crippen molar-refractivity contribution in [3.8, 4) is 5.75 Å². The van der Waals surface area contributed by atoms with Crippen LogP contribution in [0, 0.1) is 0 Å². The van der Waals surface area contributed by atoms with E-state index in [1.165, 1.54) is 0 Å². The minimum atomic E-state index is -0.428. The maximum absolute atomic E-state index is 13.0. The smallest absolute Gasteiger partial charge is 0.285 e. The summed E-state index contributed by atoms with van der Waals surface area (Å²) in [5.41, 5.74) is 6.06. The number of thiocarbonyl (C=S) groups is 1. The van der Waals surface area contributed by atoms with Crippen molar-refractivity contribution in [2.45, 2.75) is 6.61 Å². The summed E-state index contributed by atoms with van der Waals surface area (Å²) in [6.07, 6.45) is 3.78. The van der Waals surface area contributed by atoms with Crippen molar-refractivity contribution in [2.24, 2.45) is 7.05 Å². The predicted molar refractivity (Wildman–Crippen MR) is 143 cm³/mol. The van der Waals surface area contributed by atoms with Crippen LogP contribution in [0.4, 0.5) is 0 Å². The van der Waals surface area contributed by atoms with Crippen LogP contribution >= 0.6 is 24.0 Å². The number of rotatable bonds is 6. The Balaban J connectivity index is 1.26. The van der Waals surface area contributed by atoms with Crippen molar-refractivity contribution in [1.82, 2.24) is 15.0 Å². The normalized spacial score (nSPS) is 14.7. The number of nitrogens with one attached hydrogen (secondary N) is 1. The van der Waals surface area contributed by atoms with Gasteiger partial charge in [0.05, 0.1) is 4.91 Å². The topological polar surface area (TPSA) is 63.6 Å². The highest BCUT2D eigenvalue weighted by atomic mass is 32.2. The molecule has 2 amide bonds. The Labute approximate surface area is 212 Å². The average Bonchev–Trinajstić information content (AvgIpc) is 3.34. The Morgan fingerprint density at radius 1 is 1.03 bits per heavy atom. The maximum Gasteiger partial charge on any atom is 0.285 e. The molecule has 1 aromatic heterocycles. The number of fused-ring (bicyclic) bond motifs is 1. The first-order chi connectivity index (χ1) is 17.0. The van der Waals surface area contributed by atoms with Crippen molar-refractivity contribution >= 4 is 57.1 Å². The molecule has 35 heavy (non-hydrogen) atoms. The quantitative estimate of drug-likeness (QED) is 0.288. The van der Waals surface area contributed by atoms with Crippen LogP contribution in [0.3, 0.4) is 0 Å². The Morgan fingerprint density at radius 2 is 1.74 bits per heavy atom. The van der Waals surface area contributed by atoms with Crippen LogP contribution in [-0.2, 0) is 18.4 Å². The molecule has 0 bridgehead atoms. The molecule has 0 unspecified atom stereocenters. The largest absolute Gasteiger partial charge is 0.489 e. The molecule has 4 aromatic rings. The minimum absolute atomic E-state index is 0.276. The van der Waals surface area contributed by atoms with Gasteiger partial charge in [-0.05, 0) is 54.2 Å². The van der Waals surface area contributed by atoms with Crippen molar-refractivity contribution < 1.29 is 14.3 Å². The molecule has 1 aliphatic rings. The van der Waals surface area contributed by atoms with E-state index < -0.39 is 5.91 Å². The molecule has 2 heterocycles. The van der Waals surface area contributed by atoms with Crippen LogP contribution in [0.5, 0.6) is 5.75 Å². The van der Waals surface area contributed by atoms with Gasteiger partial charge in [0, 0.05) is 35.3 Å². The number of carbonyl (C=O) groups is 2. The van der Waals surface area contributed by atoms with E-state index in [0.717, 1.165) is 38.8 Å². The Bertz CT molecular complexity index is 1460. The zero-order valence-electron chi connectivity index (χ0n) is 18.8. The first kappa shape index (κ1) is 22.9. The average molecular weight is 500 g/mol. The van der Waals surface area contributed by atoms with Gasteiger partial charge in [0.15, 0.2) is 4.32 Å². The van der Waals surface area contributed by atoms with Gasteiger partial charge in [0.25, 0.3) is 11.8 Å². The molecule has 0 saturated carbocycles. The Morgan fingerprint density at radius 3 is 2.51 bits per heavy atom. The van der Waals surface area contributed by atoms with Crippen LogP contribution in [0.2, 0.25) is 0 Å². The van der Waals surface area contributed by atoms with Crippen molar-refractivity contribution in [2.75, 3.05) is 0 Å². The lowest BCUT2D eigenvalue weighted by molar-refractivity contribution is -0.123. The summed E-state index contributed by atoms with van der Waals surface area (Å²) in [6.45, 7) is 0.436. The summed E-state index contributed by atoms with van der Waals surface area (Å²) in [5, 5.41) is 2.16. The number of hydrogen-bond donors (Lipinski definition) is 1. The molecular weight excluding hydrogens is 478 g/mol. The summed E-state index contributed by atoms with van der Waals surface area (Å²) in [5.74, 6) is -0.138. The molecule has 174 valence electrons. The highest BCUT2D eigenvalue weighted by Crippen LogP contribution is 2.33. The van der Waals surface area contributed by atoms with Gasteiger partial charge in [0.1, 0.15) is 12.4 Å². The van der Waals surface area contributed by atoms with E-state index in [1.54, 1.807) is 24.3 Å². The van der Waals surface area contributed by atoms with E-state index in [4.69, 9.17) is 17.0 Å². The molecule has 0 spiro atoms. The molecule has 1 fully saturated rings. The SMILES string of the molecule is Cn1cc(/C=C2/SC(=S)N(NC(=O)c3ccc(OCc4ccccc4)cc3)C2=O)c2ccccc21. The molecule has 5 rings (SSSR count). The first-order valence-electron chi connectivity index (χ1n) is 10.9. The number of hydrazine groups is 1. The molecule has 0 aliphatic carbocycles. The third-order valence-corrected chi connectivity index (χ3v) is 6.89. The molecular formula is C27H21N3O3S2. The predicted octanol–water partition coefficient (Wildman–Crippen LogP) is 5.30. The van der Waals surface area contributed by atoms with Crippen molar-refractivity contribution in [1.29, 1.82) is 0 Å². The summed E-state index contributed by atoms with van der Waals surface area (Å²) < 4.78 is 8.05. The lowest BCUT2D eigenvalue weighted by Gasteiger charge is -2.15. The summed E-state index contributed by atoms with van der Waals surface area (Å²) >= 11 is 6.53. The van der Waals surface area contributed by atoms with Gasteiger partial charge in [0.2, 0.25) is 0 Å². The number of thioether (sulfide) groups is 1. The number of carbonyl (C=O) groups excluding carboxylic acids is 2. The fraction of sp³-hybridized carbons (Fsp3) is 0.0741. The number of aromatic nitrogens is 1. The zero-order valence-corrected chi connectivity index (χ0v) is 20.4. The molecule has 0 atom stereocenters. The third-order valence-electron chi connectivity index (χ3n) is 5.59. The highest BCUT2D eigenvalue weighted by molar-refractivity contribution is 8.26. The number of amides is 2. The van der Waals surface area contributed by atoms with Crippen LogP contribution in [-0.4, -0.2) is 25.7 Å². The Kier molecular flexibility index (Phi) is 6.39. The lowest BCUT2D eigenvalue weighted by atomic mass is 10.1. The monoisotopic (exact) mass is 499 g/mol. The van der Waals surface area contributed by atoms with Gasteiger partial charge >= 0.3 is 0 Å². The minimum Gasteiger partial charge on any atom is -0.489 e. The number of ether oxygens (including phenoxy) is 1. The fourth-order valence-electron chi connectivity index (χ4n) is 3.80. The second kappa shape index (κ2) is 9.77.